The SMILES string of the molecule is Cc1cccc(-c2nn(CCO)c3nnc(-c4ccccc4)c(Cl)c23)c1. The monoisotopic (exact) mass is 364 g/mol. The summed E-state index contributed by atoms with van der Waals surface area (Å²) in [6.45, 7) is 2.33. The number of rotatable bonds is 4. The minimum Gasteiger partial charge on any atom is -0.394 e. The van der Waals surface area contributed by atoms with E-state index in [1.165, 1.54) is 0 Å². The van der Waals surface area contributed by atoms with Crippen molar-refractivity contribution in [1.82, 2.24) is 20.0 Å². The third-order valence-electron chi connectivity index (χ3n) is 4.25. The van der Waals surface area contributed by atoms with Crippen LogP contribution in [0.5, 0.6) is 0 Å². The van der Waals surface area contributed by atoms with Crippen LogP contribution in [0.4, 0.5) is 0 Å². The van der Waals surface area contributed by atoms with Crippen LogP contribution in [0.15, 0.2) is 54.6 Å². The number of aryl methyl sites for hydroxylation is 1. The highest BCUT2D eigenvalue weighted by atomic mass is 35.5. The first-order valence-corrected chi connectivity index (χ1v) is 8.73. The number of benzene rings is 2. The zero-order valence-corrected chi connectivity index (χ0v) is 15.0. The number of hydrogen-bond donors (Lipinski definition) is 1. The molecular weight excluding hydrogens is 348 g/mol. The normalized spacial score (nSPS) is 11.2. The van der Waals surface area contributed by atoms with Crippen molar-refractivity contribution >= 4 is 22.6 Å². The van der Waals surface area contributed by atoms with E-state index in [1.807, 2.05) is 55.5 Å². The lowest BCUT2D eigenvalue weighted by atomic mass is 10.1. The van der Waals surface area contributed by atoms with Crippen LogP contribution < -0.4 is 0 Å². The molecule has 4 aromatic rings. The molecular formula is C20H17ClN4O. The quantitative estimate of drug-likeness (QED) is 0.591. The van der Waals surface area contributed by atoms with Gasteiger partial charge in [-0.15, -0.1) is 10.2 Å². The fourth-order valence-electron chi connectivity index (χ4n) is 3.04. The molecule has 130 valence electrons. The Labute approximate surface area is 155 Å². The maximum Gasteiger partial charge on any atom is 0.182 e. The van der Waals surface area contributed by atoms with Gasteiger partial charge in [0.2, 0.25) is 0 Å². The molecule has 0 aliphatic carbocycles. The van der Waals surface area contributed by atoms with Crippen molar-refractivity contribution < 1.29 is 5.11 Å². The molecule has 0 fully saturated rings. The van der Waals surface area contributed by atoms with E-state index in [9.17, 15) is 5.11 Å². The van der Waals surface area contributed by atoms with Gasteiger partial charge in [0.05, 0.1) is 23.6 Å². The molecule has 0 unspecified atom stereocenters. The van der Waals surface area contributed by atoms with Gasteiger partial charge < -0.3 is 5.11 Å². The van der Waals surface area contributed by atoms with E-state index in [2.05, 4.69) is 21.4 Å². The van der Waals surface area contributed by atoms with Crippen LogP contribution in [0, 0.1) is 6.92 Å². The van der Waals surface area contributed by atoms with Gasteiger partial charge in [-0.3, -0.25) is 0 Å². The molecule has 26 heavy (non-hydrogen) atoms. The summed E-state index contributed by atoms with van der Waals surface area (Å²) in [5.74, 6) is 0. The van der Waals surface area contributed by atoms with Crippen molar-refractivity contribution in [2.75, 3.05) is 6.61 Å². The summed E-state index contributed by atoms with van der Waals surface area (Å²) in [4.78, 5) is 0. The van der Waals surface area contributed by atoms with Crippen LogP contribution >= 0.6 is 11.6 Å². The summed E-state index contributed by atoms with van der Waals surface area (Å²) in [6.07, 6.45) is 0. The maximum atomic E-state index is 9.36. The first-order valence-electron chi connectivity index (χ1n) is 8.35. The van der Waals surface area contributed by atoms with Crippen LogP contribution in [0.1, 0.15) is 5.56 Å². The number of aliphatic hydroxyl groups excluding tert-OH is 1. The highest BCUT2D eigenvalue weighted by Gasteiger charge is 2.20. The van der Waals surface area contributed by atoms with Gasteiger partial charge in [-0.25, -0.2) is 4.68 Å². The first-order chi connectivity index (χ1) is 12.7. The molecule has 2 aromatic carbocycles. The van der Waals surface area contributed by atoms with Gasteiger partial charge in [0, 0.05) is 11.1 Å². The molecule has 0 radical (unpaired) electrons. The van der Waals surface area contributed by atoms with Gasteiger partial charge in [0.15, 0.2) is 5.65 Å². The number of aliphatic hydroxyl groups is 1. The summed E-state index contributed by atoms with van der Waals surface area (Å²) < 4.78 is 1.65. The summed E-state index contributed by atoms with van der Waals surface area (Å²) in [6, 6.07) is 17.8. The van der Waals surface area contributed by atoms with Crippen LogP contribution in [-0.4, -0.2) is 31.7 Å². The topological polar surface area (TPSA) is 63.8 Å². The van der Waals surface area contributed by atoms with Gasteiger partial charge >= 0.3 is 0 Å². The Morgan fingerprint density at radius 2 is 1.73 bits per heavy atom. The molecule has 2 heterocycles. The lowest BCUT2D eigenvalue weighted by Crippen LogP contribution is -2.05. The Kier molecular flexibility index (Phi) is 4.41. The largest absolute Gasteiger partial charge is 0.394 e. The molecule has 1 N–H and O–H groups in total. The molecule has 0 atom stereocenters. The van der Waals surface area contributed by atoms with E-state index >= 15 is 0 Å². The molecule has 0 spiro atoms. The fourth-order valence-corrected chi connectivity index (χ4v) is 3.36. The van der Waals surface area contributed by atoms with Gasteiger partial charge in [-0.1, -0.05) is 65.7 Å². The summed E-state index contributed by atoms with van der Waals surface area (Å²) >= 11 is 6.77. The lowest BCUT2D eigenvalue weighted by Gasteiger charge is -2.05. The average Bonchev–Trinajstić information content (AvgIpc) is 3.03. The minimum atomic E-state index is -0.0379. The smallest absolute Gasteiger partial charge is 0.182 e. The van der Waals surface area contributed by atoms with Crippen LogP contribution in [0.25, 0.3) is 33.5 Å². The molecule has 0 saturated heterocycles. The second-order valence-corrected chi connectivity index (χ2v) is 6.47. The summed E-state index contributed by atoms with van der Waals surface area (Å²) in [5, 5.41) is 24.0. The molecule has 0 saturated carbocycles. The lowest BCUT2D eigenvalue weighted by molar-refractivity contribution is 0.271. The number of halogens is 1. The molecule has 5 nitrogen and oxygen atoms in total. The third-order valence-corrected chi connectivity index (χ3v) is 4.62. The van der Waals surface area contributed by atoms with Gasteiger partial charge in [0.25, 0.3) is 0 Å². The van der Waals surface area contributed by atoms with Crippen molar-refractivity contribution in [1.29, 1.82) is 0 Å². The molecule has 4 rings (SSSR count). The number of nitrogens with zero attached hydrogens (tertiary/aromatic N) is 4. The molecule has 0 amide bonds. The van der Waals surface area contributed by atoms with E-state index in [0.717, 1.165) is 27.8 Å². The Morgan fingerprint density at radius 1 is 0.962 bits per heavy atom. The Bertz CT molecular complexity index is 1080. The standard InChI is InChI=1S/C20H17ClN4O/c1-13-6-5-9-15(12-13)18-16-17(21)19(14-7-3-2-4-8-14)22-23-20(16)25(24-18)10-11-26/h2-9,12,26H,10-11H2,1H3. The van der Waals surface area contributed by atoms with Crippen LogP contribution in [-0.2, 0) is 6.54 Å². The highest BCUT2D eigenvalue weighted by Crippen LogP contribution is 2.37. The van der Waals surface area contributed by atoms with Crippen molar-refractivity contribution in [2.45, 2.75) is 13.5 Å². The van der Waals surface area contributed by atoms with Gasteiger partial charge in [0.1, 0.15) is 11.4 Å². The second-order valence-electron chi connectivity index (χ2n) is 6.09. The Balaban J connectivity index is 2.01. The minimum absolute atomic E-state index is 0.0379. The first kappa shape index (κ1) is 16.7. The predicted octanol–water partition coefficient (Wildman–Crippen LogP) is 4.11. The maximum absolute atomic E-state index is 9.36. The third kappa shape index (κ3) is 2.85. The molecule has 2 aromatic heterocycles. The zero-order chi connectivity index (χ0) is 18.1. The van der Waals surface area contributed by atoms with Gasteiger partial charge in [-0.05, 0) is 13.0 Å². The van der Waals surface area contributed by atoms with Crippen LogP contribution in [0.2, 0.25) is 5.02 Å². The van der Waals surface area contributed by atoms with Crippen molar-refractivity contribution in [3.05, 3.63) is 65.2 Å². The molecule has 6 heteroatoms. The van der Waals surface area contributed by atoms with Crippen molar-refractivity contribution in [2.24, 2.45) is 0 Å². The van der Waals surface area contributed by atoms with Crippen molar-refractivity contribution in [3.8, 4) is 22.5 Å². The highest BCUT2D eigenvalue weighted by molar-refractivity contribution is 6.38. The Hall–Kier alpha value is -2.76. The summed E-state index contributed by atoms with van der Waals surface area (Å²) in [7, 11) is 0. The number of hydrogen-bond acceptors (Lipinski definition) is 4. The van der Waals surface area contributed by atoms with Crippen molar-refractivity contribution in [3.63, 3.8) is 0 Å². The zero-order valence-electron chi connectivity index (χ0n) is 14.2. The van der Waals surface area contributed by atoms with Crippen LogP contribution in [0.3, 0.4) is 0 Å². The van der Waals surface area contributed by atoms with E-state index in [4.69, 9.17) is 11.6 Å². The Morgan fingerprint density at radius 3 is 2.46 bits per heavy atom. The predicted molar refractivity (Wildman–Crippen MR) is 103 cm³/mol. The molecule has 0 bridgehead atoms. The fraction of sp³-hybridized carbons (Fsp3) is 0.150. The second kappa shape index (κ2) is 6.86. The molecule has 0 aliphatic rings. The van der Waals surface area contributed by atoms with Gasteiger partial charge in [-0.2, -0.15) is 5.10 Å². The van der Waals surface area contributed by atoms with E-state index < -0.39 is 0 Å². The number of aromatic nitrogens is 4. The number of fused-ring (bicyclic) bond motifs is 1. The van der Waals surface area contributed by atoms with E-state index in [-0.39, 0.29) is 6.61 Å². The van der Waals surface area contributed by atoms with E-state index in [0.29, 0.717) is 22.9 Å². The summed E-state index contributed by atoms with van der Waals surface area (Å²) in [5.41, 5.74) is 4.93. The molecule has 0 aliphatic heterocycles. The van der Waals surface area contributed by atoms with E-state index in [1.54, 1.807) is 4.68 Å². The average molecular weight is 365 g/mol.